The lowest BCUT2D eigenvalue weighted by atomic mass is 9.69. The lowest BCUT2D eigenvalue weighted by Gasteiger charge is -2.35. The third-order valence-corrected chi connectivity index (χ3v) is 9.71. The molecule has 2 aromatic rings. The molecule has 0 spiro atoms. The van der Waals surface area contributed by atoms with Crippen LogP contribution in [0.15, 0.2) is 36.4 Å². The van der Waals surface area contributed by atoms with E-state index in [1.54, 1.807) is 11.1 Å². The molecule has 2 aromatic carbocycles. The summed E-state index contributed by atoms with van der Waals surface area (Å²) in [5.41, 5.74) is 6.40. The van der Waals surface area contributed by atoms with Crippen molar-refractivity contribution in [2.45, 2.75) is 111 Å². The minimum Gasteiger partial charge on any atom is -0.0628 e. The second-order valence-corrected chi connectivity index (χ2v) is 14.9. The number of rotatable bonds is 14. The smallest absolute Gasteiger partial charge is 0.0216 e. The fraction of sp³-hybridized carbons (Fsp3) is 0.636. The Bertz CT molecular complexity index is 865. The van der Waals surface area contributed by atoms with Gasteiger partial charge in [-0.1, -0.05) is 92.2 Å². The normalized spacial score (nSPS) is 15.9. The Labute approximate surface area is 244 Å². The van der Waals surface area contributed by atoms with Crippen LogP contribution in [-0.2, 0) is 5.41 Å². The Kier molecular flexibility index (Phi) is 11.5. The number of benzene rings is 2. The van der Waals surface area contributed by atoms with Crippen molar-refractivity contribution in [3.05, 3.63) is 54.7 Å². The van der Waals surface area contributed by atoms with E-state index in [0.717, 1.165) is 23.7 Å². The summed E-state index contributed by atoms with van der Waals surface area (Å²) in [7, 11) is 0. The first-order valence-corrected chi connectivity index (χ1v) is 16.4. The van der Waals surface area contributed by atoms with Crippen LogP contribution < -0.4 is 0 Å². The molecule has 0 nitrogen and oxygen atoms in total. The number of hydrogen-bond acceptors (Lipinski definition) is 0. The quantitative estimate of drug-likeness (QED) is 0.172. The Morgan fingerprint density at radius 2 is 0.971 bits per heavy atom. The molecule has 0 saturated carbocycles. The molecule has 1 aliphatic rings. The Hall–Kier alpha value is -0.100. The summed E-state index contributed by atoms with van der Waals surface area (Å²) in [6.07, 6.45) is 13.5. The molecule has 3 rings (SSSR count). The molecule has 0 unspecified atom stereocenters. The number of hydrogen-bond donors (Lipinski definition) is 0. The molecule has 2 heteroatoms. The molecule has 0 radical (unpaired) electrons. The van der Waals surface area contributed by atoms with Crippen molar-refractivity contribution in [1.29, 1.82) is 0 Å². The van der Waals surface area contributed by atoms with Crippen LogP contribution in [0.3, 0.4) is 0 Å². The van der Waals surface area contributed by atoms with Gasteiger partial charge in [0.2, 0.25) is 0 Å². The van der Waals surface area contributed by atoms with Gasteiger partial charge in [0, 0.05) is 12.6 Å². The van der Waals surface area contributed by atoms with E-state index in [1.165, 1.54) is 82.5 Å². The molecule has 0 aliphatic heterocycles. The van der Waals surface area contributed by atoms with Gasteiger partial charge < -0.3 is 0 Å². The molecular weight excluding hydrogens is 650 g/mol. The zero-order valence-electron chi connectivity index (χ0n) is 23.1. The third kappa shape index (κ3) is 7.94. The van der Waals surface area contributed by atoms with Crippen LogP contribution in [0.1, 0.15) is 117 Å². The maximum absolute atomic E-state index is 2.53. The fourth-order valence-corrected chi connectivity index (χ4v) is 7.11. The summed E-state index contributed by atoms with van der Waals surface area (Å²) in [6, 6.07) is 14.5. The maximum Gasteiger partial charge on any atom is 0.0216 e. The molecule has 0 amide bonds. The first-order valence-electron chi connectivity index (χ1n) is 14.2. The first-order chi connectivity index (χ1) is 16.6. The van der Waals surface area contributed by atoms with Gasteiger partial charge in [-0.15, -0.1) is 0 Å². The van der Waals surface area contributed by atoms with Crippen LogP contribution in [0.4, 0.5) is 0 Å². The molecule has 2 atom stereocenters. The second-order valence-electron chi connectivity index (χ2n) is 12.4. The van der Waals surface area contributed by atoms with Crippen LogP contribution in [0.5, 0.6) is 0 Å². The van der Waals surface area contributed by atoms with E-state index in [2.05, 4.69) is 123 Å². The van der Waals surface area contributed by atoms with Gasteiger partial charge in [-0.2, -0.15) is 0 Å². The van der Waals surface area contributed by atoms with Crippen molar-refractivity contribution in [3.8, 4) is 11.1 Å². The van der Waals surface area contributed by atoms with Gasteiger partial charge in [0.05, 0.1) is 0 Å². The molecule has 0 fully saturated rings. The highest BCUT2D eigenvalue weighted by Crippen LogP contribution is 2.55. The van der Waals surface area contributed by atoms with E-state index in [-0.39, 0.29) is 5.41 Å². The molecule has 0 bridgehead atoms. The summed E-state index contributed by atoms with van der Waals surface area (Å²) < 4.78 is 2.76. The van der Waals surface area contributed by atoms with E-state index in [4.69, 9.17) is 0 Å². The highest BCUT2D eigenvalue weighted by atomic mass is 127. The van der Waals surface area contributed by atoms with Gasteiger partial charge >= 0.3 is 0 Å². The lowest BCUT2D eigenvalue weighted by molar-refractivity contribution is 0.327. The minimum atomic E-state index is 0.172. The Balaban J connectivity index is 1.88. The van der Waals surface area contributed by atoms with Crippen molar-refractivity contribution in [2.75, 3.05) is 0 Å². The van der Waals surface area contributed by atoms with Gasteiger partial charge in [0.25, 0.3) is 0 Å². The van der Waals surface area contributed by atoms with Crippen molar-refractivity contribution < 1.29 is 0 Å². The summed E-state index contributed by atoms with van der Waals surface area (Å²) >= 11 is 5.05. The highest BCUT2D eigenvalue weighted by Gasteiger charge is 2.43. The Morgan fingerprint density at radius 1 is 0.571 bits per heavy atom. The van der Waals surface area contributed by atoms with Gasteiger partial charge in [-0.25, -0.2) is 0 Å². The van der Waals surface area contributed by atoms with Crippen LogP contribution in [0, 0.1) is 30.8 Å². The summed E-state index contributed by atoms with van der Waals surface area (Å²) in [5.74, 6) is 3.24. The fourth-order valence-electron chi connectivity index (χ4n) is 6.13. The largest absolute Gasteiger partial charge is 0.0628 e. The SMILES string of the molecule is CC(C)CCC[C@@H](C)CCC1(CC[C@@H](C)CCCC(C)C)c2cc(I)ccc2-c2ccc(I)cc21. The van der Waals surface area contributed by atoms with Gasteiger partial charge in [0.15, 0.2) is 0 Å². The topological polar surface area (TPSA) is 0 Å². The molecule has 0 saturated heterocycles. The van der Waals surface area contributed by atoms with Crippen LogP contribution >= 0.6 is 45.2 Å². The molecule has 194 valence electrons. The maximum atomic E-state index is 2.53. The Morgan fingerprint density at radius 3 is 1.34 bits per heavy atom. The van der Waals surface area contributed by atoms with Crippen LogP contribution in [0.25, 0.3) is 11.1 Å². The van der Waals surface area contributed by atoms with E-state index in [0.29, 0.717) is 0 Å². The predicted octanol–water partition coefficient (Wildman–Crippen LogP) is 11.6. The molecular formula is C33H48I2. The van der Waals surface area contributed by atoms with E-state index in [1.807, 2.05) is 0 Å². The van der Waals surface area contributed by atoms with Gasteiger partial charge in [-0.05, 0) is 141 Å². The monoisotopic (exact) mass is 698 g/mol. The molecule has 0 N–H and O–H groups in total. The van der Waals surface area contributed by atoms with E-state index >= 15 is 0 Å². The van der Waals surface area contributed by atoms with Gasteiger partial charge in [-0.3, -0.25) is 0 Å². The molecule has 0 heterocycles. The van der Waals surface area contributed by atoms with Crippen LogP contribution in [-0.4, -0.2) is 0 Å². The first kappa shape index (κ1) is 29.5. The highest BCUT2D eigenvalue weighted by molar-refractivity contribution is 14.1. The zero-order chi connectivity index (χ0) is 25.6. The van der Waals surface area contributed by atoms with Crippen molar-refractivity contribution in [1.82, 2.24) is 0 Å². The summed E-state index contributed by atoms with van der Waals surface area (Å²) in [6.45, 7) is 14.4. The molecule has 0 aromatic heterocycles. The van der Waals surface area contributed by atoms with E-state index < -0.39 is 0 Å². The van der Waals surface area contributed by atoms with Crippen molar-refractivity contribution in [3.63, 3.8) is 0 Å². The lowest BCUT2D eigenvalue weighted by Crippen LogP contribution is -2.27. The van der Waals surface area contributed by atoms with E-state index in [9.17, 15) is 0 Å². The minimum absolute atomic E-state index is 0.172. The predicted molar refractivity (Wildman–Crippen MR) is 172 cm³/mol. The van der Waals surface area contributed by atoms with Crippen molar-refractivity contribution >= 4 is 45.2 Å². The van der Waals surface area contributed by atoms with Gasteiger partial charge in [0.1, 0.15) is 0 Å². The van der Waals surface area contributed by atoms with Crippen LogP contribution in [0.2, 0.25) is 0 Å². The second kappa shape index (κ2) is 13.6. The summed E-state index contributed by atoms with van der Waals surface area (Å²) in [4.78, 5) is 0. The summed E-state index contributed by atoms with van der Waals surface area (Å²) in [5, 5.41) is 0. The molecule has 1 aliphatic carbocycles. The molecule has 35 heavy (non-hydrogen) atoms. The zero-order valence-corrected chi connectivity index (χ0v) is 27.4. The number of fused-ring (bicyclic) bond motifs is 3. The average molecular weight is 699 g/mol. The third-order valence-electron chi connectivity index (χ3n) is 8.37. The average Bonchev–Trinajstić information content (AvgIpc) is 3.04. The van der Waals surface area contributed by atoms with Crippen molar-refractivity contribution in [2.24, 2.45) is 23.7 Å². The number of halogens is 2. The standard InChI is InChI=1S/C33H48I2/c1-23(2)9-7-11-25(5)17-19-33(20-18-26(6)12-8-10-24(3)4)31-21-27(34)13-15-29(31)30-16-14-28(35)22-32(30)33/h13-16,21-26H,7-12,17-20H2,1-6H3/t25-,26+.